The van der Waals surface area contributed by atoms with Gasteiger partial charge in [0.25, 0.3) is 0 Å². The van der Waals surface area contributed by atoms with E-state index in [0.717, 1.165) is 16.8 Å². The molecule has 2 aromatic heterocycles. The van der Waals surface area contributed by atoms with Crippen LogP contribution in [0.3, 0.4) is 0 Å². The average Bonchev–Trinajstić information content (AvgIpc) is 2.69. The molecule has 0 atom stereocenters. The van der Waals surface area contributed by atoms with E-state index in [1.165, 1.54) is 0 Å². The lowest BCUT2D eigenvalue weighted by molar-refractivity contribution is 0.580. The minimum Gasteiger partial charge on any atom is -0.354 e. The summed E-state index contributed by atoms with van der Waals surface area (Å²) in [5.41, 5.74) is 2.71. The van der Waals surface area contributed by atoms with Gasteiger partial charge in [0, 0.05) is 37.2 Å². The number of rotatable bonds is 8. The van der Waals surface area contributed by atoms with Crippen molar-refractivity contribution in [2.45, 2.75) is 18.2 Å². The standard InChI is InChI=1S/C19H21N5O2S/c1-15-5-7-17(8-6-15)27(25,26)23-12-3-11-21-19-22-13-9-18(24-19)16-4-2-10-20-14-16/h2,4-10,13-14,23H,3,11-12H2,1H3,(H,21,22,24). The summed E-state index contributed by atoms with van der Waals surface area (Å²) in [5.74, 6) is 0.498. The van der Waals surface area contributed by atoms with Gasteiger partial charge in [0.15, 0.2) is 0 Å². The zero-order valence-electron chi connectivity index (χ0n) is 15.0. The molecule has 0 saturated heterocycles. The fourth-order valence-corrected chi connectivity index (χ4v) is 3.49. The van der Waals surface area contributed by atoms with E-state index >= 15 is 0 Å². The highest BCUT2D eigenvalue weighted by atomic mass is 32.2. The molecule has 8 heteroatoms. The molecule has 1 aromatic carbocycles. The quantitative estimate of drug-likeness (QED) is 0.581. The molecule has 0 aliphatic rings. The topological polar surface area (TPSA) is 96.9 Å². The van der Waals surface area contributed by atoms with E-state index in [0.29, 0.717) is 25.5 Å². The molecule has 0 bridgehead atoms. The smallest absolute Gasteiger partial charge is 0.240 e. The maximum Gasteiger partial charge on any atom is 0.240 e. The van der Waals surface area contributed by atoms with Crippen LogP contribution in [0.5, 0.6) is 0 Å². The Kier molecular flexibility index (Phi) is 6.10. The lowest BCUT2D eigenvalue weighted by Crippen LogP contribution is -2.26. The first kappa shape index (κ1) is 18.9. The predicted octanol–water partition coefficient (Wildman–Crippen LogP) is 2.63. The van der Waals surface area contributed by atoms with Crippen molar-refractivity contribution in [1.29, 1.82) is 0 Å². The van der Waals surface area contributed by atoms with Crippen LogP contribution in [0, 0.1) is 6.92 Å². The molecule has 0 amide bonds. The van der Waals surface area contributed by atoms with Crippen LogP contribution in [-0.2, 0) is 10.0 Å². The maximum atomic E-state index is 12.2. The highest BCUT2D eigenvalue weighted by molar-refractivity contribution is 7.89. The Labute approximate surface area is 159 Å². The van der Waals surface area contributed by atoms with Crippen molar-refractivity contribution in [2.24, 2.45) is 0 Å². The summed E-state index contributed by atoms with van der Waals surface area (Å²) in [6.07, 6.45) is 5.73. The van der Waals surface area contributed by atoms with Gasteiger partial charge in [-0.15, -0.1) is 0 Å². The van der Waals surface area contributed by atoms with E-state index in [2.05, 4.69) is 25.0 Å². The Morgan fingerprint density at radius 2 is 1.81 bits per heavy atom. The number of sulfonamides is 1. The number of hydrogen-bond donors (Lipinski definition) is 2. The second-order valence-electron chi connectivity index (χ2n) is 6.00. The molecule has 27 heavy (non-hydrogen) atoms. The maximum absolute atomic E-state index is 12.2. The van der Waals surface area contributed by atoms with Crippen LogP contribution >= 0.6 is 0 Å². The number of nitrogens with zero attached hydrogens (tertiary/aromatic N) is 3. The van der Waals surface area contributed by atoms with Gasteiger partial charge >= 0.3 is 0 Å². The summed E-state index contributed by atoms with van der Waals surface area (Å²) in [6.45, 7) is 2.79. The van der Waals surface area contributed by atoms with E-state index in [1.807, 2.05) is 25.1 Å². The first-order valence-corrected chi connectivity index (χ1v) is 10.1. The van der Waals surface area contributed by atoms with Crippen LogP contribution < -0.4 is 10.0 Å². The van der Waals surface area contributed by atoms with Gasteiger partial charge in [-0.25, -0.2) is 23.1 Å². The van der Waals surface area contributed by atoms with Crippen molar-refractivity contribution in [3.8, 4) is 11.3 Å². The zero-order valence-corrected chi connectivity index (χ0v) is 15.8. The van der Waals surface area contributed by atoms with Crippen molar-refractivity contribution in [3.63, 3.8) is 0 Å². The lowest BCUT2D eigenvalue weighted by atomic mass is 10.2. The van der Waals surface area contributed by atoms with E-state index in [9.17, 15) is 8.42 Å². The van der Waals surface area contributed by atoms with Crippen LogP contribution in [0.4, 0.5) is 5.95 Å². The molecule has 0 aliphatic heterocycles. The van der Waals surface area contributed by atoms with Crippen molar-refractivity contribution in [1.82, 2.24) is 19.7 Å². The van der Waals surface area contributed by atoms with Gasteiger partial charge in [0.2, 0.25) is 16.0 Å². The van der Waals surface area contributed by atoms with Crippen LogP contribution in [0.2, 0.25) is 0 Å². The fraction of sp³-hybridized carbons (Fsp3) is 0.211. The average molecular weight is 383 g/mol. The summed E-state index contributed by atoms with van der Waals surface area (Å²) in [7, 11) is -3.48. The van der Waals surface area contributed by atoms with Crippen molar-refractivity contribution >= 4 is 16.0 Å². The summed E-state index contributed by atoms with van der Waals surface area (Å²) >= 11 is 0. The molecule has 0 spiro atoms. The SMILES string of the molecule is Cc1ccc(S(=O)(=O)NCCCNc2nccc(-c3cccnc3)n2)cc1. The third kappa shape index (κ3) is 5.32. The third-order valence-corrected chi connectivity index (χ3v) is 5.35. The summed E-state index contributed by atoms with van der Waals surface area (Å²) in [6, 6.07) is 12.4. The minimum absolute atomic E-state index is 0.272. The highest BCUT2D eigenvalue weighted by Crippen LogP contribution is 2.15. The Morgan fingerprint density at radius 1 is 1.00 bits per heavy atom. The Morgan fingerprint density at radius 3 is 2.56 bits per heavy atom. The highest BCUT2D eigenvalue weighted by Gasteiger charge is 2.12. The first-order chi connectivity index (χ1) is 13.0. The van der Waals surface area contributed by atoms with Crippen LogP contribution in [0.15, 0.2) is 66.0 Å². The van der Waals surface area contributed by atoms with Crippen molar-refractivity contribution < 1.29 is 8.42 Å². The predicted molar refractivity (Wildman–Crippen MR) is 105 cm³/mol. The van der Waals surface area contributed by atoms with E-state index in [1.54, 1.807) is 42.9 Å². The molecule has 2 N–H and O–H groups in total. The molecule has 0 saturated carbocycles. The van der Waals surface area contributed by atoms with Gasteiger partial charge in [-0.3, -0.25) is 4.98 Å². The van der Waals surface area contributed by atoms with Gasteiger partial charge in [0.05, 0.1) is 10.6 Å². The van der Waals surface area contributed by atoms with Gasteiger partial charge in [0.1, 0.15) is 0 Å². The molecule has 2 heterocycles. The summed E-state index contributed by atoms with van der Waals surface area (Å²) < 4.78 is 27.0. The Bertz CT molecular complexity index is 976. The second-order valence-corrected chi connectivity index (χ2v) is 7.77. The molecule has 0 unspecified atom stereocenters. The number of hydrogen-bond acceptors (Lipinski definition) is 6. The first-order valence-electron chi connectivity index (χ1n) is 8.58. The lowest BCUT2D eigenvalue weighted by Gasteiger charge is -2.08. The zero-order chi connectivity index (χ0) is 19.1. The number of benzene rings is 1. The Balaban J connectivity index is 1.49. The summed E-state index contributed by atoms with van der Waals surface area (Å²) in [5, 5.41) is 3.11. The normalized spacial score (nSPS) is 11.3. The molecule has 3 aromatic rings. The van der Waals surface area contributed by atoms with E-state index < -0.39 is 10.0 Å². The monoisotopic (exact) mass is 383 g/mol. The molecule has 0 fully saturated rings. The minimum atomic E-state index is -3.48. The van der Waals surface area contributed by atoms with Gasteiger partial charge in [-0.2, -0.15) is 0 Å². The van der Waals surface area contributed by atoms with Gasteiger partial charge < -0.3 is 5.32 Å². The third-order valence-electron chi connectivity index (χ3n) is 3.87. The fourth-order valence-electron chi connectivity index (χ4n) is 2.41. The molecule has 0 aliphatic carbocycles. The van der Waals surface area contributed by atoms with E-state index in [4.69, 9.17) is 0 Å². The number of aromatic nitrogens is 3. The number of pyridine rings is 1. The molecule has 0 radical (unpaired) electrons. The molecule has 140 valence electrons. The number of anilines is 1. The van der Waals surface area contributed by atoms with Crippen molar-refractivity contribution in [2.75, 3.05) is 18.4 Å². The second kappa shape index (κ2) is 8.70. The largest absolute Gasteiger partial charge is 0.354 e. The van der Waals surface area contributed by atoms with Gasteiger partial charge in [-0.05, 0) is 43.7 Å². The molecule has 7 nitrogen and oxygen atoms in total. The van der Waals surface area contributed by atoms with Crippen LogP contribution in [0.1, 0.15) is 12.0 Å². The van der Waals surface area contributed by atoms with Crippen LogP contribution in [0.25, 0.3) is 11.3 Å². The van der Waals surface area contributed by atoms with Crippen molar-refractivity contribution in [3.05, 3.63) is 66.6 Å². The molecule has 3 rings (SSSR count). The van der Waals surface area contributed by atoms with E-state index in [-0.39, 0.29) is 4.90 Å². The summed E-state index contributed by atoms with van der Waals surface area (Å²) in [4.78, 5) is 13.0. The van der Waals surface area contributed by atoms with Crippen LogP contribution in [-0.4, -0.2) is 36.5 Å². The molecular formula is C19H21N5O2S. The Hall–Kier alpha value is -2.84. The number of nitrogens with one attached hydrogen (secondary N) is 2. The molecular weight excluding hydrogens is 362 g/mol. The van der Waals surface area contributed by atoms with Gasteiger partial charge in [-0.1, -0.05) is 17.7 Å². The number of aryl methyl sites for hydroxylation is 1.